The summed E-state index contributed by atoms with van der Waals surface area (Å²) in [6.07, 6.45) is 8.76. The minimum Gasteiger partial charge on any atom is -0.493 e. The maximum absolute atomic E-state index is 13.2. The average molecular weight is 517 g/mol. The summed E-state index contributed by atoms with van der Waals surface area (Å²) in [7, 11) is 0. The maximum Gasteiger partial charge on any atom is 0.259 e. The highest BCUT2D eigenvalue weighted by Gasteiger charge is 2.17. The Morgan fingerprint density at radius 1 is 0.553 bits per heavy atom. The van der Waals surface area contributed by atoms with E-state index in [0.29, 0.717) is 47.2 Å². The lowest BCUT2D eigenvalue weighted by Gasteiger charge is -2.15. The summed E-state index contributed by atoms with van der Waals surface area (Å²) in [5.74, 6) is 0.499. The van der Waals surface area contributed by atoms with Crippen LogP contribution in [0.4, 0.5) is 11.4 Å². The van der Waals surface area contributed by atoms with Crippen molar-refractivity contribution in [3.63, 3.8) is 0 Å². The van der Waals surface area contributed by atoms with Crippen LogP contribution < -0.4 is 20.1 Å². The highest BCUT2D eigenvalue weighted by Crippen LogP contribution is 2.27. The molecule has 0 atom stereocenters. The van der Waals surface area contributed by atoms with Crippen LogP contribution in [0.15, 0.2) is 72.8 Å². The molecule has 3 rings (SSSR count). The zero-order chi connectivity index (χ0) is 27.0. The van der Waals surface area contributed by atoms with Gasteiger partial charge >= 0.3 is 0 Å². The van der Waals surface area contributed by atoms with Gasteiger partial charge in [-0.2, -0.15) is 0 Å². The molecule has 202 valence electrons. The van der Waals surface area contributed by atoms with Crippen LogP contribution in [0.5, 0.6) is 11.5 Å². The van der Waals surface area contributed by atoms with Gasteiger partial charge in [0.15, 0.2) is 0 Å². The van der Waals surface area contributed by atoms with Gasteiger partial charge in [-0.15, -0.1) is 0 Å². The lowest BCUT2D eigenvalue weighted by atomic mass is 10.1. The predicted molar refractivity (Wildman–Crippen MR) is 155 cm³/mol. The molecule has 0 spiro atoms. The zero-order valence-electron chi connectivity index (χ0n) is 22.6. The maximum atomic E-state index is 13.2. The van der Waals surface area contributed by atoms with E-state index in [4.69, 9.17) is 9.47 Å². The topological polar surface area (TPSA) is 76.7 Å². The molecule has 0 saturated carbocycles. The molecule has 2 amide bonds. The first-order valence-electron chi connectivity index (χ1n) is 13.8. The van der Waals surface area contributed by atoms with E-state index in [9.17, 15) is 9.59 Å². The second kappa shape index (κ2) is 16.1. The number of rotatable bonds is 16. The molecule has 0 aliphatic heterocycles. The van der Waals surface area contributed by atoms with Crippen LogP contribution in [0.2, 0.25) is 0 Å². The molecule has 3 aromatic carbocycles. The van der Waals surface area contributed by atoms with E-state index in [1.165, 1.54) is 12.8 Å². The van der Waals surface area contributed by atoms with Gasteiger partial charge in [-0.25, -0.2) is 0 Å². The molecule has 0 radical (unpaired) electrons. The molecule has 6 nitrogen and oxygen atoms in total. The fraction of sp³-hybridized carbons (Fsp3) is 0.375. The van der Waals surface area contributed by atoms with Crippen molar-refractivity contribution in [2.24, 2.45) is 0 Å². The van der Waals surface area contributed by atoms with Crippen molar-refractivity contribution >= 4 is 23.2 Å². The zero-order valence-corrected chi connectivity index (χ0v) is 22.6. The molecule has 0 aliphatic rings. The van der Waals surface area contributed by atoms with Crippen LogP contribution in [0.25, 0.3) is 0 Å². The van der Waals surface area contributed by atoms with Gasteiger partial charge in [0.25, 0.3) is 11.8 Å². The smallest absolute Gasteiger partial charge is 0.259 e. The number of benzene rings is 3. The first kappa shape index (κ1) is 28.8. The third-order valence-corrected chi connectivity index (χ3v) is 6.20. The van der Waals surface area contributed by atoms with Crippen molar-refractivity contribution in [1.29, 1.82) is 0 Å². The summed E-state index contributed by atoms with van der Waals surface area (Å²) < 4.78 is 11.8. The number of hydrogen-bond acceptors (Lipinski definition) is 4. The van der Waals surface area contributed by atoms with E-state index in [2.05, 4.69) is 24.5 Å². The number of amides is 2. The lowest BCUT2D eigenvalue weighted by molar-refractivity contribution is 0.101. The molecule has 0 unspecified atom stereocenters. The van der Waals surface area contributed by atoms with Crippen LogP contribution in [0, 0.1) is 0 Å². The molecule has 0 aromatic heterocycles. The Balaban J connectivity index is 1.67. The summed E-state index contributed by atoms with van der Waals surface area (Å²) in [5.41, 5.74) is 1.90. The molecule has 3 aromatic rings. The van der Waals surface area contributed by atoms with E-state index >= 15 is 0 Å². The first-order chi connectivity index (χ1) is 18.6. The van der Waals surface area contributed by atoms with E-state index < -0.39 is 0 Å². The summed E-state index contributed by atoms with van der Waals surface area (Å²) >= 11 is 0. The van der Waals surface area contributed by atoms with Crippen molar-refractivity contribution < 1.29 is 19.1 Å². The number of ether oxygens (including phenoxy) is 2. The molecule has 0 aliphatic carbocycles. The van der Waals surface area contributed by atoms with E-state index in [-0.39, 0.29) is 11.8 Å². The Morgan fingerprint density at radius 3 is 1.37 bits per heavy atom. The van der Waals surface area contributed by atoms with Gasteiger partial charge in [-0.1, -0.05) is 88.8 Å². The quantitative estimate of drug-likeness (QED) is 0.189. The van der Waals surface area contributed by atoms with Gasteiger partial charge in [-0.05, 0) is 49.2 Å². The number of para-hydroxylation sites is 4. The largest absolute Gasteiger partial charge is 0.493 e. The summed E-state index contributed by atoms with van der Waals surface area (Å²) in [6.45, 7) is 5.47. The van der Waals surface area contributed by atoms with Crippen LogP contribution >= 0.6 is 0 Å². The fourth-order valence-electron chi connectivity index (χ4n) is 4.06. The van der Waals surface area contributed by atoms with Gasteiger partial charge in [0, 0.05) is 0 Å². The SMILES string of the molecule is CCCCCCOc1ccccc1C(=O)Nc1ccccc1NC(=O)c1ccccc1OCCCCCC. The molecule has 0 fully saturated rings. The van der Waals surface area contributed by atoms with Crippen molar-refractivity contribution in [2.75, 3.05) is 23.8 Å². The predicted octanol–water partition coefficient (Wildman–Crippen LogP) is 8.11. The standard InChI is InChI=1S/C32H40N2O4/c1-3-5-7-15-23-37-29-21-13-9-17-25(29)31(35)33-27-19-11-12-20-28(27)34-32(36)26-18-10-14-22-30(26)38-24-16-8-6-4-2/h9-14,17-22H,3-8,15-16,23-24H2,1-2H3,(H,33,35)(H,34,36). The Bertz CT molecular complexity index is 1070. The molecule has 0 heterocycles. The van der Waals surface area contributed by atoms with Crippen molar-refractivity contribution in [2.45, 2.75) is 65.2 Å². The van der Waals surface area contributed by atoms with Crippen LogP contribution in [0.1, 0.15) is 85.9 Å². The number of carbonyl (C=O) groups is 2. The highest BCUT2D eigenvalue weighted by molar-refractivity contribution is 6.11. The second-order valence-electron chi connectivity index (χ2n) is 9.26. The van der Waals surface area contributed by atoms with Gasteiger partial charge in [0.05, 0.1) is 35.7 Å². The number of unbranched alkanes of at least 4 members (excludes halogenated alkanes) is 6. The van der Waals surface area contributed by atoms with Crippen molar-refractivity contribution in [3.8, 4) is 11.5 Å². The monoisotopic (exact) mass is 516 g/mol. The second-order valence-corrected chi connectivity index (χ2v) is 9.26. The van der Waals surface area contributed by atoms with Crippen LogP contribution in [-0.4, -0.2) is 25.0 Å². The van der Waals surface area contributed by atoms with E-state index in [1.54, 1.807) is 24.3 Å². The van der Waals surface area contributed by atoms with Gasteiger partial charge < -0.3 is 20.1 Å². The van der Waals surface area contributed by atoms with Crippen LogP contribution in [-0.2, 0) is 0 Å². The molecule has 0 bridgehead atoms. The minimum absolute atomic E-state index is 0.299. The third-order valence-electron chi connectivity index (χ3n) is 6.20. The van der Waals surface area contributed by atoms with Gasteiger partial charge in [0.2, 0.25) is 0 Å². The fourth-order valence-corrected chi connectivity index (χ4v) is 4.06. The Labute approximate surface area is 226 Å². The molecular formula is C32H40N2O4. The van der Waals surface area contributed by atoms with E-state index in [0.717, 1.165) is 38.5 Å². The molecule has 6 heteroatoms. The van der Waals surface area contributed by atoms with Crippen molar-refractivity contribution in [3.05, 3.63) is 83.9 Å². The Kier molecular flexibility index (Phi) is 12.2. The Hall–Kier alpha value is -3.80. The lowest BCUT2D eigenvalue weighted by Crippen LogP contribution is -2.18. The minimum atomic E-state index is -0.299. The number of anilines is 2. The molecule has 38 heavy (non-hydrogen) atoms. The number of carbonyl (C=O) groups excluding carboxylic acids is 2. The average Bonchev–Trinajstić information content (AvgIpc) is 2.94. The molecular weight excluding hydrogens is 476 g/mol. The molecule has 0 saturated heterocycles. The van der Waals surface area contributed by atoms with Gasteiger partial charge in [-0.3, -0.25) is 9.59 Å². The van der Waals surface area contributed by atoms with Crippen LogP contribution in [0.3, 0.4) is 0 Å². The van der Waals surface area contributed by atoms with E-state index in [1.807, 2.05) is 48.5 Å². The normalized spacial score (nSPS) is 10.6. The van der Waals surface area contributed by atoms with Gasteiger partial charge in [0.1, 0.15) is 11.5 Å². The van der Waals surface area contributed by atoms with Crippen molar-refractivity contribution in [1.82, 2.24) is 0 Å². The summed E-state index contributed by atoms with van der Waals surface area (Å²) in [6, 6.07) is 21.6. The summed E-state index contributed by atoms with van der Waals surface area (Å²) in [5, 5.41) is 5.88. The Morgan fingerprint density at radius 2 is 0.947 bits per heavy atom. The third kappa shape index (κ3) is 8.94. The highest BCUT2D eigenvalue weighted by atomic mass is 16.5. The number of hydrogen-bond donors (Lipinski definition) is 2. The number of nitrogens with one attached hydrogen (secondary N) is 2. The summed E-state index contributed by atoms with van der Waals surface area (Å²) in [4.78, 5) is 26.4. The molecule has 2 N–H and O–H groups in total. The first-order valence-corrected chi connectivity index (χ1v) is 13.8.